The lowest BCUT2D eigenvalue weighted by atomic mass is 10.1. The summed E-state index contributed by atoms with van der Waals surface area (Å²) >= 11 is 1.57. The number of hydrogen-bond acceptors (Lipinski definition) is 5. The molecule has 1 saturated heterocycles. The van der Waals surface area contributed by atoms with Gasteiger partial charge in [0.2, 0.25) is 4.96 Å². The van der Waals surface area contributed by atoms with Crippen molar-refractivity contribution in [2.45, 2.75) is 25.8 Å². The average molecular weight is 325 g/mol. The van der Waals surface area contributed by atoms with E-state index >= 15 is 0 Å². The van der Waals surface area contributed by atoms with E-state index in [-0.39, 0.29) is 0 Å². The van der Waals surface area contributed by atoms with Crippen LogP contribution in [0.5, 0.6) is 0 Å². The van der Waals surface area contributed by atoms with Gasteiger partial charge in [-0.15, -0.1) is 10.2 Å². The molecule has 5 nitrogen and oxygen atoms in total. The molecule has 1 aliphatic rings. The fourth-order valence-corrected chi connectivity index (χ4v) is 3.65. The molecule has 0 N–H and O–H groups in total. The van der Waals surface area contributed by atoms with E-state index in [1.807, 2.05) is 28.8 Å². The van der Waals surface area contributed by atoms with Crippen LogP contribution in [0.1, 0.15) is 35.7 Å². The Kier molecular flexibility index (Phi) is 4.17. The van der Waals surface area contributed by atoms with E-state index in [1.54, 1.807) is 11.3 Å². The standard InChI is InChI=1S/C17H19N5S/c1-3-7-14(8-4-1)9-10-16-20-22-15(18-19-17(22)23-16)13-21-11-5-2-6-12-21/h1,3-4,7-10H,2,5-6,11-13H2/b10-9+. The van der Waals surface area contributed by atoms with E-state index in [0.717, 1.165) is 35.4 Å². The second-order valence-corrected chi connectivity index (χ2v) is 6.82. The van der Waals surface area contributed by atoms with Crippen LogP contribution in [0.15, 0.2) is 30.3 Å². The average Bonchev–Trinajstić information content (AvgIpc) is 3.17. The fourth-order valence-electron chi connectivity index (χ4n) is 2.89. The number of fused-ring (bicyclic) bond motifs is 1. The number of rotatable bonds is 4. The Hall–Kier alpha value is -2.05. The Morgan fingerprint density at radius 3 is 2.65 bits per heavy atom. The van der Waals surface area contributed by atoms with Crippen molar-refractivity contribution in [3.63, 3.8) is 0 Å². The van der Waals surface area contributed by atoms with Gasteiger partial charge in [0.1, 0.15) is 5.01 Å². The predicted octanol–water partition coefficient (Wildman–Crippen LogP) is 3.34. The summed E-state index contributed by atoms with van der Waals surface area (Å²) in [6.07, 6.45) is 8.03. The molecule has 1 fully saturated rings. The summed E-state index contributed by atoms with van der Waals surface area (Å²) < 4.78 is 1.89. The van der Waals surface area contributed by atoms with Gasteiger partial charge < -0.3 is 0 Å². The molecule has 3 aromatic rings. The van der Waals surface area contributed by atoms with Crippen molar-refractivity contribution in [2.75, 3.05) is 13.1 Å². The number of hydrogen-bond donors (Lipinski definition) is 0. The van der Waals surface area contributed by atoms with Crippen LogP contribution in [0.3, 0.4) is 0 Å². The lowest BCUT2D eigenvalue weighted by Gasteiger charge is -2.25. The summed E-state index contributed by atoms with van der Waals surface area (Å²) in [7, 11) is 0. The molecule has 1 aliphatic heterocycles. The topological polar surface area (TPSA) is 46.3 Å². The van der Waals surface area contributed by atoms with E-state index in [1.165, 1.54) is 24.8 Å². The van der Waals surface area contributed by atoms with Crippen LogP contribution in [0.4, 0.5) is 0 Å². The van der Waals surface area contributed by atoms with Crippen LogP contribution in [-0.4, -0.2) is 37.8 Å². The Morgan fingerprint density at radius 1 is 1.00 bits per heavy atom. The summed E-state index contributed by atoms with van der Waals surface area (Å²) in [5.41, 5.74) is 1.17. The first-order valence-electron chi connectivity index (χ1n) is 8.05. The maximum absolute atomic E-state index is 4.65. The van der Waals surface area contributed by atoms with E-state index in [0.29, 0.717) is 0 Å². The van der Waals surface area contributed by atoms with Gasteiger partial charge in [-0.2, -0.15) is 9.61 Å². The molecule has 0 atom stereocenters. The third-order valence-electron chi connectivity index (χ3n) is 4.10. The molecule has 118 valence electrons. The van der Waals surface area contributed by atoms with Gasteiger partial charge in [0.25, 0.3) is 0 Å². The molecular weight excluding hydrogens is 306 g/mol. The minimum absolute atomic E-state index is 0.840. The molecule has 0 spiro atoms. The molecule has 1 aromatic carbocycles. The molecule has 0 bridgehead atoms. The third kappa shape index (κ3) is 3.33. The molecular formula is C17H19N5S. The van der Waals surface area contributed by atoms with Gasteiger partial charge in [0.15, 0.2) is 5.82 Å². The summed E-state index contributed by atoms with van der Waals surface area (Å²) in [4.78, 5) is 3.31. The first-order chi connectivity index (χ1) is 11.4. The van der Waals surface area contributed by atoms with Crippen LogP contribution >= 0.6 is 11.3 Å². The van der Waals surface area contributed by atoms with Crippen molar-refractivity contribution in [3.8, 4) is 0 Å². The van der Waals surface area contributed by atoms with E-state index in [9.17, 15) is 0 Å². The van der Waals surface area contributed by atoms with Gasteiger partial charge in [-0.25, -0.2) is 0 Å². The molecule has 6 heteroatoms. The fraction of sp³-hybridized carbons (Fsp3) is 0.353. The number of nitrogens with zero attached hydrogens (tertiary/aromatic N) is 5. The molecule has 2 aromatic heterocycles. The quantitative estimate of drug-likeness (QED) is 0.738. The molecule has 4 rings (SSSR count). The third-order valence-corrected chi connectivity index (χ3v) is 4.97. The zero-order chi connectivity index (χ0) is 15.5. The van der Waals surface area contributed by atoms with Crippen LogP contribution in [0, 0.1) is 0 Å². The zero-order valence-corrected chi connectivity index (χ0v) is 13.7. The predicted molar refractivity (Wildman–Crippen MR) is 93.2 cm³/mol. The van der Waals surface area contributed by atoms with E-state index in [4.69, 9.17) is 0 Å². The Bertz CT molecular complexity index is 799. The minimum atomic E-state index is 0.840. The van der Waals surface area contributed by atoms with Crippen LogP contribution in [-0.2, 0) is 6.54 Å². The largest absolute Gasteiger partial charge is 0.296 e. The second kappa shape index (κ2) is 6.60. The van der Waals surface area contributed by atoms with Crippen molar-refractivity contribution in [1.82, 2.24) is 24.7 Å². The van der Waals surface area contributed by atoms with Gasteiger partial charge >= 0.3 is 0 Å². The number of benzene rings is 1. The van der Waals surface area contributed by atoms with Gasteiger partial charge in [-0.05, 0) is 37.6 Å². The van der Waals surface area contributed by atoms with Gasteiger partial charge in [0.05, 0.1) is 6.54 Å². The van der Waals surface area contributed by atoms with Gasteiger partial charge in [-0.3, -0.25) is 4.90 Å². The zero-order valence-electron chi connectivity index (χ0n) is 12.9. The molecule has 0 unspecified atom stereocenters. The van der Waals surface area contributed by atoms with Crippen LogP contribution in [0.25, 0.3) is 17.1 Å². The van der Waals surface area contributed by atoms with Crippen molar-refractivity contribution < 1.29 is 0 Å². The van der Waals surface area contributed by atoms with E-state index < -0.39 is 0 Å². The maximum Gasteiger partial charge on any atom is 0.235 e. The summed E-state index contributed by atoms with van der Waals surface area (Å²) in [6.45, 7) is 3.15. The molecule has 0 aliphatic carbocycles. The normalized spacial score (nSPS) is 16.5. The molecule has 23 heavy (non-hydrogen) atoms. The highest BCUT2D eigenvalue weighted by molar-refractivity contribution is 7.17. The Labute approximate surface area is 139 Å². The summed E-state index contributed by atoms with van der Waals surface area (Å²) in [5.74, 6) is 0.942. The highest BCUT2D eigenvalue weighted by atomic mass is 32.1. The lowest BCUT2D eigenvalue weighted by Crippen LogP contribution is -2.30. The van der Waals surface area contributed by atoms with Crippen LogP contribution < -0.4 is 0 Å². The highest BCUT2D eigenvalue weighted by Gasteiger charge is 2.16. The molecule has 3 heterocycles. The number of piperidine rings is 1. The monoisotopic (exact) mass is 325 g/mol. The summed E-state index contributed by atoms with van der Waals surface area (Å²) in [5, 5.41) is 14.2. The lowest BCUT2D eigenvalue weighted by molar-refractivity contribution is 0.214. The van der Waals surface area contributed by atoms with Crippen molar-refractivity contribution >= 4 is 28.4 Å². The first kappa shape index (κ1) is 14.5. The van der Waals surface area contributed by atoms with Crippen molar-refractivity contribution in [2.24, 2.45) is 0 Å². The van der Waals surface area contributed by atoms with Gasteiger partial charge in [-0.1, -0.05) is 54.2 Å². The van der Waals surface area contributed by atoms with E-state index in [2.05, 4.69) is 38.4 Å². The smallest absolute Gasteiger partial charge is 0.235 e. The molecule has 0 saturated carbocycles. The molecule has 0 amide bonds. The van der Waals surface area contributed by atoms with Crippen molar-refractivity contribution in [3.05, 3.63) is 46.7 Å². The number of aromatic nitrogens is 4. The maximum atomic E-state index is 4.65. The second-order valence-electron chi connectivity index (χ2n) is 5.83. The van der Waals surface area contributed by atoms with Crippen LogP contribution in [0.2, 0.25) is 0 Å². The first-order valence-corrected chi connectivity index (χ1v) is 8.87. The summed E-state index contributed by atoms with van der Waals surface area (Å²) in [6, 6.07) is 10.3. The minimum Gasteiger partial charge on any atom is -0.296 e. The highest BCUT2D eigenvalue weighted by Crippen LogP contribution is 2.18. The van der Waals surface area contributed by atoms with Gasteiger partial charge in [0, 0.05) is 0 Å². The number of likely N-dealkylation sites (tertiary alicyclic amines) is 1. The molecule has 0 radical (unpaired) electrons. The SMILES string of the molecule is C(=C\c1nn2c(CN3CCCCC3)nnc2s1)/c1ccccc1. The Balaban J connectivity index is 1.53. The van der Waals surface area contributed by atoms with Crippen molar-refractivity contribution in [1.29, 1.82) is 0 Å². The Morgan fingerprint density at radius 2 is 1.83 bits per heavy atom.